The lowest BCUT2D eigenvalue weighted by Gasteiger charge is -1.94. The number of carbonyl (C=O) groups excluding carboxylic acids is 1. The second-order valence-electron chi connectivity index (χ2n) is 2.29. The van der Waals surface area contributed by atoms with Crippen LogP contribution in [0.1, 0.15) is 13.8 Å². The summed E-state index contributed by atoms with van der Waals surface area (Å²) in [6, 6.07) is 0. The molecule has 0 fully saturated rings. The zero-order chi connectivity index (χ0) is 11.1. The fourth-order valence-electron chi connectivity index (χ4n) is 0.0833. The predicted molar refractivity (Wildman–Crippen MR) is 48.9 cm³/mol. The van der Waals surface area contributed by atoms with Gasteiger partial charge in [0.15, 0.2) is 0 Å². The molecule has 0 atom stereocenters. The molecule has 1 N–H and O–H groups in total. The summed E-state index contributed by atoms with van der Waals surface area (Å²) in [5.74, 6) is -0.394. The molecule has 0 rings (SSSR count). The van der Waals surface area contributed by atoms with E-state index in [2.05, 4.69) is 11.3 Å². The van der Waals surface area contributed by atoms with Crippen LogP contribution < -0.4 is 0 Å². The molecular weight excluding hydrogens is 196 g/mol. The molecule has 0 bridgehead atoms. The average Bonchev–Trinajstić information content (AvgIpc) is 2.02. The van der Waals surface area contributed by atoms with Gasteiger partial charge in [-0.2, -0.15) is 8.42 Å². The second kappa shape index (κ2) is 6.62. The van der Waals surface area contributed by atoms with Crippen LogP contribution in [0.2, 0.25) is 0 Å². The molecule has 0 aromatic carbocycles. The Kier molecular flexibility index (Phi) is 7.45. The summed E-state index contributed by atoms with van der Waals surface area (Å²) in [6.07, 6.45) is 1.11. The van der Waals surface area contributed by atoms with Gasteiger partial charge in [0, 0.05) is 6.08 Å². The summed E-state index contributed by atoms with van der Waals surface area (Å²) >= 11 is 0. The zero-order valence-electron chi connectivity index (χ0n) is 7.85. The second-order valence-corrected chi connectivity index (χ2v) is 4.26. The standard InChI is InChI=1S/C4H6O2.C3H8O3S/c1-3-4(5)6-2;1-3(2)7(4,5)6/h3H,1H2,2H3;3H,1-2H3,(H,4,5,6). The van der Waals surface area contributed by atoms with Gasteiger partial charge in [0.25, 0.3) is 10.1 Å². The van der Waals surface area contributed by atoms with Crippen molar-refractivity contribution in [3.05, 3.63) is 12.7 Å². The van der Waals surface area contributed by atoms with Crippen molar-refractivity contribution in [1.82, 2.24) is 0 Å². The Bertz CT molecular complexity index is 252. The molecule has 0 aromatic heterocycles. The van der Waals surface area contributed by atoms with Gasteiger partial charge in [-0.15, -0.1) is 0 Å². The van der Waals surface area contributed by atoms with Crippen molar-refractivity contribution in [3.8, 4) is 0 Å². The largest absolute Gasteiger partial charge is 0.466 e. The van der Waals surface area contributed by atoms with Gasteiger partial charge in [0.05, 0.1) is 12.4 Å². The van der Waals surface area contributed by atoms with Crippen molar-refractivity contribution in [3.63, 3.8) is 0 Å². The molecule has 0 aliphatic heterocycles. The third-order valence-electron chi connectivity index (χ3n) is 0.964. The number of hydrogen-bond donors (Lipinski definition) is 1. The summed E-state index contributed by atoms with van der Waals surface area (Å²) < 4.78 is 32.0. The molecule has 13 heavy (non-hydrogen) atoms. The van der Waals surface area contributed by atoms with Gasteiger partial charge < -0.3 is 4.74 Å². The molecule has 0 aliphatic rings. The molecule has 5 nitrogen and oxygen atoms in total. The topological polar surface area (TPSA) is 80.7 Å². The number of carbonyl (C=O) groups is 1. The number of methoxy groups -OCH3 is 1. The maximum Gasteiger partial charge on any atom is 0.329 e. The smallest absolute Gasteiger partial charge is 0.329 e. The first-order chi connectivity index (χ1) is 5.75. The van der Waals surface area contributed by atoms with Crippen LogP contribution in [-0.2, 0) is 19.6 Å². The zero-order valence-corrected chi connectivity index (χ0v) is 8.67. The Balaban J connectivity index is 0. The minimum atomic E-state index is -3.74. The van der Waals surface area contributed by atoms with Crippen molar-refractivity contribution in [2.24, 2.45) is 0 Å². The highest BCUT2D eigenvalue weighted by molar-refractivity contribution is 7.86. The van der Waals surface area contributed by atoms with E-state index in [0.29, 0.717) is 0 Å². The van der Waals surface area contributed by atoms with Crippen LogP contribution in [0.25, 0.3) is 0 Å². The Morgan fingerprint density at radius 3 is 1.85 bits per heavy atom. The third-order valence-corrected chi connectivity index (χ3v) is 2.16. The van der Waals surface area contributed by atoms with Crippen LogP contribution in [0.4, 0.5) is 0 Å². The van der Waals surface area contributed by atoms with Gasteiger partial charge >= 0.3 is 5.97 Å². The van der Waals surface area contributed by atoms with Crippen molar-refractivity contribution in [1.29, 1.82) is 0 Å². The quantitative estimate of drug-likeness (QED) is 0.410. The van der Waals surface area contributed by atoms with Crippen LogP contribution in [0, 0.1) is 0 Å². The summed E-state index contributed by atoms with van der Waals surface area (Å²) in [4.78, 5) is 9.84. The highest BCUT2D eigenvalue weighted by Crippen LogP contribution is 1.91. The van der Waals surface area contributed by atoms with Crippen molar-refractivity contribution >= 4 is 16.1 Å². The van der Waals surface area contributed by atoms with Crippen molar-refractivity contribution in [2.45, 2.75) is 19.1 Å². The summed E-state index contributed by atoms with van der Waals surface area (Å²) in [5.41, 5.74) is 0. The van der Waals surface area contributed by atoms with E-state index in [1.807, 2.05) is 0 Å². The molecule has 78 valence electrons. The Hall–Kier alpha value is -0.880. The van der Waals surface area contributed by atoms with E-state index in [0.717, 1.165) is 6.08 Å². The molecule has 0 heterocycles. The lowest BCUT2D eigenvalue weighted by Crippen LogP contribution is -2.10. The average molecular weight is 210 g/mol. The number of esters is 1. The van der Waals surface area contributed by atoms with Crippen LogP contribution in [0.15, 0.2) is 12.7 Å². The first-order valence-corrected chi connectivity index (χ1v) is 4.92. The van der Waals surface area contributed by atoms with E-state index >= 15 is 0 Å². The van der Waals surface area contributed by atoms with Crippen LogP contribution in [0.3, 0.4) is 0 Å². The van der Waals surface area contributed by atoms with E-state index < -0.39 is 21.3 Å². The summed E-state index contributed by atoms with van der Waals surface area (Å²) in [5, 5.41) is -0.674. The minimum Gasteiger partial charge on any atom is -0.466 e. The maximum atomic E-state index is 9.89. The van der Waals surface area contributed by atoms with Gasteiger partial charge in [-0.25, -0.2) is 4.79 Å². The fraction of sp³-hybridized carbons (Fsp3) is 0.571. The Labute approximate surface area is 78.1 Å². The minimum absolute atomic E-state index is 0.394. The Morgan fingerprint density at radius 2 is 1.85 bits per heavy atom. The Morgan fingerprint density at radius 1 is 1.54 bits per heavy atom. The van der Waals surface area contributed by atoms with Crippen LogP contribution in [-0.4, -0.2) is 31.3 Å². The monoisotopic (exact) mass is 210 g/mol. The number of rotatable bonds is 2. The molecule has 0 saturated heterocycles. The molecule has 0 aromatic rings. The molecule has 0 radical (unpaired) electrons. The van der Waals surface area contributed by atoms with Crippen LogP contribution in [0.5, 0.6) is 0 Å². The molecule has 0 aliphatic carbocycles. The third kappa shape index (κ3) is 11.1. The summed E-state index contributed by atoms with van der Waals surface area (Å²) in [6.45, 7) is 5.98. The van der Waals surface area contributed by atoms with E-state index in [9.17, 15) is 13.2 Å². The maximum absolute atomic E-state index is 9.89. The van der Waals surface area contributed by atoms with E-state index in [-0.39, 0.29) is 0 Å². The SMILES string of the molecule is C=CC(=O)OC.CC(C)S(=O)(=O)O. The molecule has 0 unspecified atom stereocenters. The molecular formula is C7H14O5S. The van der Waals surface area contributed by atoms with Gasteiger partial charge in [0.2, 0.25) is 0 Å². The molecule has 6 heteroatoms. The first kappa shape index (κ1) is 14.6. The molecule has 0 amide bonds. The highest BCUT2D eigenvalue weighted by atomic mass is 32.2. The van der Waals surface area contributed by atoms with Gasteiger partial charge in [-0.1, -0.05) is 6.58 Å². The lowest BCUT2D eigenvalue weighted by atomic mass is 10.6. The first-order valence-electron chi connectivity index (χ1n) is 3.42. The van der Waals surface area contributed by atoms with Gasteiger partial charge in [-0.3, -0.25) is 4.55 Å². The van der Waals surface area contributed by atoms with Crippen molar-refractivity contribution in [2.75, 3.05) is 7.11 Å². The highest BCUT2D eigenvalue weighted by Gasteiger charge is 2.08. The van der Waals surface area contributed by atoms with Gasteiger partial charge in [-0.05, 0) is 13.8 Å². The lowest BCUT2D eigenvalue weighted by molar-refractivity contribution is -0.134. The van der Waals surface area contributed by atoms with Gasteiger partial charge in [0.1, 0.15) is 0 Å². The summed E-state index contributed by atoms with van der Waals surface area (Å²) in [7, 11) is -2.43. The van der Waals surface area contributed by atoms with E-state index in [1.54, 1.807) is 0 Å². The van der Waals surface area contributed by atoms with Crippen LogP contribution >= 0.6 is 0 Å². The van der Waals surface area contributed by atoms with E-state index in [1.165, 1.54) is 21.0 Å². The molecule has 0 saturated carbocycles. The fourth-order valence-corrected chi connectivity index (χ4v) is 0.0833. The van der Waals surface area contributed by atoms with Crippen molar-refractivity contribution < 1.29 is 22.5 Å². The van der Waals surface area contributed by atoms with E-state index in [4.69, 9.17) is 4.55 Å². The predicted octanol–water partition coefficient (Wildman–Crippen LogP) is 0.628. The number of hydrogen-bond acceptors (Lipinski definition) is 4. The molecule has 0 spiro atoms. The number of ether oxygens (including phenoxy) is 1. The normalized spacial score (nSPS) is 9.92.